The van der Waals surface area contributed by atoms with Crippen molar-refractivity contribution in [1.82, 2.24) is 20.9 Å². The number of nitrogens with one attached hydrogen (secondary N) is 3. The average molecular weight is 550 g/mol. The molecule has 1 saturated carbocycles. The van der Waals surface area contributed by atoms with Crippen molar-refractivity contribution < 1.29 is 4.79 Å². The first-order valence-corrected chi connectivity index (χ1v) is 10.1. The van der Waals surface area contributed by atoms with Crippen LogP contribution in [-0.4, -0.2) is 62.6 Å². The number of aliphatic imine (C=N–C) groups is 1. The van der Waals surface area contributed by atoms with Crippen LogP contribution in [0.15, 0.2) is 33.7 Å². The van der Waals surface area contributed by atoms with Gasteiger partial charge < -0.3 is 16.0 Å². The molecule has 1 aromatic carbocycles. The fraction of sp³-hybridized carbons (Fsp3) is 0.579. The molecule has 0 aromatic heterocycles. The van der Waals surface area contributed by atoms with E-state index in [2.05, 4.69) is 66.0 Å². The van der Waals surface area contributed by atoms with Crippen LogP contribution in [0, 0.1) is 0 Å². The van der Waals surface area contributed by atoms with E-state index in [0.717, 1.165) is 42.8 Å². The second kappa shape index (κ2) is 10.6. The van der Waals surface area contributed by atoms with Crippen molar-refractivity contribution in [3.63, 3.8) is 0 Å². The smallest absolute Gasteiger partial charge is 0.233 e. The van der Waals surface area contributed by atoms with Crippen LogP contribution in [-0.2, 0) is 4.79 Å². The molecule has 27 heavy (non-hydrogen) atoms. The van der Waals surface area contributed by atoms with Crippen LogP contribution in [0.1, 0.15) is 30.7 Å². The number of carbonyl (C=O) groups is 1. The van der Waals surface area contributed by atoms with Crippen LogP contribution < -0.4 is 16.0 Å². The summed E-state index contributed by atoms with van der Waals surface area (Å²) in [5.74, 6) is 1.54. The third kappa shape index (κ3) is 6.60. The van der Waals surface area contributed by atoms with E-state index in [4.69, 9.17) is 0 Å². The van der Waals surface area contributed by atoms with Crippen molar-refractivity contribution in [1.29, 1.82) is 0 Å². The Hall–Kier alpha value is -0.870. The van der Waals surface area contributed by atoms with Gasteiger partial charge in [-0.05, 0) is 37.0 Å². The van der Waals surface area contributed by atoms with Crippen molar-refractivity contribution in [3.05, 3.63) is 34.3 Å². The summed E-state index contributed by atoms with van der Waals surface area (Å²) in [6.45, 7) is 2.37. The van der Waals surface area contributed by atoms with Gasteiger partial charge in [-0.3, -0.25) is 14.7 Å². The molecule has 1 saturated heterocycles. The van der Waals surface area contributed by atoms with E-state index in [9.17, 15) is 4.79 Å². The maximum absolute atomic E-state index is 11.5. The van der Waals surface area contributed by atoms with Gasteiger partial charge in [-0.2, -0.15) is 0 Å². The molecule has 3 rings (SSSR count). The minimum atomic E-state index is 0. The lowest BCUT2D eigenvalue weighted by Crippen LogP contribution is -2.50. The third-order valence-corrected chi connectivity index (χ3v) is 5.74. The van der Waals surface area contributed by atoms with Gasteiger partial charge in [-0.25, -0.2) is 0 Å². The molecular formula is C19H29BrIN5O. The zero-order chi connectivity index (χ0) is 18.5. The first-order valence-electron chi connectivity index (χ1n) is 9.27. The summed E-state index contributed by atoms with van der Waals surface area (Å²) >= 11 is 3.49. The highest BCUT2D eigenvalue weighted by atomic mass is 127. The van der Waals surface area contributed by atoms with E-state index in [1.807, 2.05) is 7.05 Å². The second-order valence-electron chi connectivity index (χ2n) is 7.08. The first-order chi connectivity index (χ1) is 12.6. The highest BCUT2D eigenvalue weighted by Gasteiger charge is 2.39. The van der Waals surface area contributed by atoms with Crippen molar-refractivity contribution in [2.75, 3.05) is 33.7 Å². The number of likely N-dealkylation sites (N-methyl/N-ethyl adjacent to an activating group) is 1. The van der Waals surface area contributed by atoms with Gasteiger partial charge >= 0.3 is 0 Å². The summed E-state index contributed by atoms with van der Waals surface area (Å²) in [7, 11) is 3.51. The van der Waals surface area contributed by atoms with Crippen molar-refractivity contribution in [3.8, 4) is 0 Å². The Labute approximate surface area is 187 Å². The van der Waals surface area contributed by atoms with Crippen LogP contribution in [0.2, 0.25) is 0 Å². The molecule has 8 heteroatoms. The lowest BCUT2D eigenvalue weighted by molar-refractivity contribution is -0.122. The average Bonchev–Trinajstić information content (AvgIpc) is 3.42. The zero-order valence-electron chi connectivity index (χ0n) is 15.9. The van der Waals surface area contributed by atoms with Crippen molar-refractivity contribution in [2.24, 2.45) is 4.99 Å². The highest BCUT2D eigenvalue weighted by Crippen LogP contribution is 2.41. The van der Waals surface area contributed by atoms with Gasteiger partial charge in [0.2, 0.25) is 5.91 Å². The number of hydrogen-bond donors (Lipinski definition) is 3. The number of nitrogens with zero attached hydrogens (tertiary/aromatic N) is 2. The predicted octanol–water partition coefficient (Wildman–Crippen LogP) is 2.30. The van der Waals surface area contributed by atoms with Crippen molar-refractivity contribution >= 4 is 51.8 Å². The number of halogens is 2. The quantitative estimate of drug-likeness (QED) is 0.299. The molecule has 1 aliphatic carbocycles. The predicted molar refractivity (Wildman–Crippen MR) is 124 cm³/mol. The van der Waals surface area contributed by atoms with Crippen LogP contribution in [0.3, 0.4) is 0 Å². The number of likely N-dealkylation sites (tertiary alicyclic amines) is 1. The molecule has 2 atom stereocenters. The molecule has 1 amide bonds. The molecule has 0 spiro atoms. The second-order valence-corrected chi connectivity index (χ2v) is 8.00. The van der Waals surface area contributed by atoms with Gasteiger partial charge in [0.15, 0.2) is 5.96 Å². The number of amides is 1. The van der Waals surface area contributed by atoms with Crippen molar-refractivity contribution in [2.45, 2.75) is 37.3 Å². The fourth-order valence-corrected chi connectivity index (χ4v) is 3.75. The molecule has 3 N–H and O–H groups in total. The summed E-state index contributed by atoms with van der Waals surface area (Å²) in [6.07, 6.45) is 3.20. The number of benzene rings is 1. The molecule has 0 bridgehead atoms. The Bertz CT molecular complexity index is 646. The minimum absolute atomic E-state index is 0. The molecule has 150 valence electrons. The largest absolute Gasteiger partial charge is 0.358 e. The molecule has 2 aliphatic rings. The molecule has 1 aromatic rings. The maximum atomic E-state index is 11.5. The van der Waals surface area contributed by atoms with Crippen LogP contribution in [0.5, 0.6) is 0 Å². The number of piperidine rings is 1. The summed E-state index contributed by atoms with van der Waals surface area (Å²) < 4.78 is 1.12. The molecule has 1 heterocycles. The Kier molecular flexibility index (Phi) is 8.81. The molecule has 1 aliphatic heterocycles. The van der Waals surface area contributed by atoms with Gasteiger partial charge in [0.1, 0.15) is 0 Å². The normalized spacial score (nSPS) is 23.3. The summed E-state index contributed by atoms with van der Waals surface area (Å²) in [5.41, 5.74) is 1.38. The first kappa shape index (κ1) is 22.4. The Morgan fingerprint density at radius 2 is 1.89 bits per heavy atom. The minimum Gasteiger partial charge on any atom is -0.358 e. The van der Waals surface area contributed by atoms with Crippen LogP contribution in [0.4, 0.5) is 0 Å². The standard InChI is InChI=1S/C19H28BrN5O.HI/c1-21-18(26)12-25-9-7-15(8-10-25)23-19(22-2)24-17-11-16(17)13-3-5-14(20)6-4-13;/h3-6,15-17H,7-12H2,1-2H3,(H,21,26)(H2,22,23,24);1H. The Morgan fingerprint density at radius 3 is 2.48 bits per heavy atom. The topological polar surface area (TPSA) is 68.8 Å². The SMILES string of the molecule is CN=C(NC1CCN(CC(=O)NC)CC1)NC1CC1c1ccc(Br)cc1.I. The van der Waals surface area contributed by atoms with E-state index in [1.54, 1.807) is 7.05 Å². The molecular weight excluding hydrogens is 521 g/mol. The highest BCUT2D eigenvalue weighted by molar-refractivity contribution is 14.0. The lowest BCUT2D eigenvalue weighted by atomic mass is 10.1. The van der Waals surface area contributed by atoms with E-state index in [-0.39, 0.29) is 29.9 Å². The maximum Gasteiger partial charge on any atom is 0.233 e. The van der Waals surface area contributed by atoms with E-state index >= 15 is 0 Å². The summed E-state index contributed by atoms with van der Waals surface area (Å²) in [5, 5.41) is 9.79. The number of guanidine groups is 1. The van der Waals surface area contributed by atoms with Gasteiger partial charge in [0, 0.05) is 49.7 Å². The van der Waals surface area contributed by atoms with Crippen LogP contribution >= 0.6 is 39.9 Å². The van der Waals surface area contributed by atoms with E-state index in [1.165, 1.54) is 5.56 Å². The zero-order valence-corrected chi connectivity index (χ0v) is 19.8. The molecule has 0 radical (unpaired) electrons. The third-order valence-electron chi connectivity index (χ3n) is 5.21. The Balaban J connectivity index is 0.00000261. The summed E-state index contributed by atoms with van der Waals surface area (Å²) in [6, 6.07) is 9.45. The molecule has 2 fully saturated rings. The molecule has 6 nitrogen and oxygen atoms in total. The van der Waals surface area contributed by atoms with Gasteiger partial charge in [-0.15, -0.1) is 24.0 Å². The van der Waals surface area contributed by atoms with E-state index in [0.29, 0.717) is 24.5 Å². The Morgan fingerprint density at radius 1 is 1.22 bits per heavy atom. The van der Waals surface area contributed by atoms with Gasteiger partial charge in [0.25, 0.3) is 0 Å². The van der Waals surface area contributed by atoms with Gasteiger partial charge in [-0.1, -0.05) is 28.1 Å². The lowest BCUT2D eigenvalue weighted by Gasteiger charge is -2.32. The van der Waals surface area contributed by atoms with Gasteiger partial charge in [0.05, 0.1) is 6.54 Å². The van der Waals surface area contributed by atoms with Crippen LogP contribution in [0.25, 0.3) is 0 Å². The number of hydrogen-bond acceptors (Lipinski definition) is 3. The number of rotatable bonds is 5. The fourth-order valence-electron chi connectivity index (χ4n) is 3.49. The van der Waals surface area contributed by atoms with E-state index < -0.39 is 0 Å². The summed E-state index contributed by atoms with van der Waals surface area (Å²) in [4.78, 5) is 18.1. The number of carbonyl (C=O) groups excluding carboxylic acids is 1. The molecule has 2 unspecified atom stereocenters. The monoisotopic (exact) mass is 549 g/mol.